The average molecular weight is 281 g/mol. The van der Waals surface area contributed by atoms with Crippen LogP contribution in [-0.4, -0.2) is 17.0 Å². The third-order valence-corrected chi connectivity index (χ3v) is 4.09. The number of fused-ring (bicyclic) bond motifs is 1. The van der Waals surface area contributed by atoms with Gasteiger partial charge in [-0.2, -0.15) is 0 Å². The smallest absolute Gasteiger partial charge is 0.134 e. The fourth-order valence-electron chi connectivity index (χ4n) is 3.09. The molecule has 0 atom stereocenters. The van der Waals surface area contributed by atoms with Crippen molar-refractivity contribution in [3.8, 4) is 0 Å². The number of benzene rings is 1. The van der Waals surface area contributed by atoms with Crippen LogP contribution in [0.2, 0.25) is 0 Å². The maximum atomic E-state index is 4.84. The predicted octanol–water partition coefficient (Wildman–Crippen LogP) is 3.60. The molecule has 1 aromatic heterocycles. The molecular weight excluding hydrogens is 258 g/mol. The molecule has 3 nitrogen and oxygen atoms in total. The summed E-state index contributed by atoms with van der Waals surface area (Å²) < 4.78 is 0. The number of anilines is 1. The van der Waals surface area contributed by atoms with E-state index in [2.05, 4.69) is 49.5 Å². The molecule has 0 saturated carbocycles. The molecular formula is C18H23N3. The number of nitrogens with one attached hydrogen (secondary N) is 1. The third kappa shape index (κ3) is 3.07. The average Bonchev–Trinajstić information content (AvgIpc) is 2.90. The minimum atomic E-state index is 0.418. The van der Waals surface area contributed by atoms with E-state index in [-0.39, 0.29) is 0 Å². The van der Waals surface area contributed by atoms with E-state index in [1.165, 1.54) is 11.1 Å². The van der Waals surface area contributed by atoms with Crippen molar-refractivity contribution in [3.05, 3.63) is 53.0 Å². The summed E-state index contributed by atoms with van der Waals surface area (Å²) in [7, 11) is 1.93. The Morgan fingerprint density at radius 3 is 2.38 bits per heavy atom. The molecule has 0 fully saturated rings. The Bertz CT molecular complexity index is 609. The SMILES string of the molecule is CNc1cc(CC(C)C)nc(C2Cc3ccccc3C2)n1. The van der Waals surface area contributed by atoms with E-state index in [1.807, 2.05) is 7.05 Å². The number of hydrogen-bond donors (Lipinski definition) is 1. The van der Waals surface area contributed by atoms with Crippen molar-refractivity contribution < 1.29 is 0 Å². The summed E-state index contributed by atoms with van der Waals surface area (Å²) in [5.74, 6) is 2.96. The lowest BCUT2D eigenvalue weighted by molar-refractivity contribution is 0.617. The van der Waals surface area contributed by atoms with E-state index in [4.69, 9.17) is 9.97 Å². The Morgan fingerprint density at radius 2 is 1.81 bits per heavy atom. The summed E-state index contributed by atoms with van der Waals surface area (Å²) in [5.41, 5.74) is 4.05. The highest BCUT2D eigenvalue weighted by Gasteiger charge is 2.25. The maximum Gasteiger partial charge on any atom is 0.134 e. The van der Waals surface area contributed by atoms with Gasteiger partial charge in [-0.1, -0.05) is 38.1 Å². The lowest BCUT2D eigenvalue weighted by Gasteiger charge is -2.13. The molecule has 1 heterocycles. The van der Waals surface area contributed by atoms with Gasteiger partial charge in [0.2, 0.25) is 0 Å². The molecule has 0 aliphatic heterocycles. The molecule has 21 heavy (non-hydrogen) atoms. The molecule has 0 bridgehead atoms. The van der Waals surface area contributed by atoms with Gasteiger partial charge >= 0.3 is 0 Å². The molecule has 0 spiro atoms. The van der Waals surface area contributed by atoms with Gasteiger partial charge in [0.1, 0.15) is 11.6 Å². The molecule has 3 heteroatoms. The van der Waals surface area contributed by atoms with E-state index in [9.17, 15) is 0 Å². The first kappa shape index (κ1) is 14.1. The van der Waals surface area contributed by atoms with Crippen molar-refractivity contribution in [2.75, 3.05) is 12.4 Å². The molecule has 0 amide bonds. The van der Waals surface area contributed by atoms with Gasteiger partial charge in [0.05, 0.1) is 0 Å². The third-order valence-electron chi connectivity index (χ3n) is 4.09. The predicted molar refractivity (Wildman–Crippen MR) is 86.7 cm³/mol. The summed E-state index contributed by atoms with van der Waals surface area (Å²) in [4.78, 5) is 9.54. The lowest BCUT2D eigenvalue weighted by atomic mass is 10.0. The topological polar surface area (TPSA) is 37.8 Å². The van der Waals surface area contributed by atoms with Crippen molar-refractivity contribution in [2.24, 2.45) is 5.92 Å². The molecule has 0 radical (unpaired) electrons. The van der Waals surface area contributed by atoms with Gasteiger partial charge in [-0.25, -0.2) is 9.97 Å². The van der Waals surface area contributed by atoms with Gasteiger partial charge in [-0.3, -0.25) is 0 Å². The first-order chi connectivity index (χ1) is 10.2. The first-order valence-electron chi connectivity index (χ1n) is 7.78. The highest BCUT2D eigenvalue weighted by atomic mass is 15.0. The van der Waals surface area contributed by atoms with Gasteiger partial charge in [-0.05, 0) is 36.3 Å². The van der Waals surface area contributed by atoms with E-state index in [0.29, 0.717) is 11.8 Å². The van der Waals surface area contributed by atoms with Gasteiger partial charge in [0, 0.05) is 24.7 Å². The largest absolute Gasteiger partial charge is 0.373 e. The molecule has 1 aliphatic rings. The maximum absolute atomic E-state index is 4.84. The molecule has 1 aromatic carbocycles. The summed E-state index contributed by atoms with van der Waals surface area (Å²) >= 11 is 0. The highest BCUT2D eigenvalue weighted by Crippen LogP contribution is 2.32. The summed E-state index contributed by atoms with van der Waals surface area (Å²) in [6, 6.07) is 10.8. The summed E-state index contributed by atoms with van der Waals surface area (Å²) in [6.07, 6.45) is 3.12. The number of rotatable bonds is 4. The van der Waals surface area contributed by atoms with Crippen LogP contribution in [-0.2, 0) is 19.3 Å². The van der Waals surface area contributed by atoms with Gasteiger partial charge in [-0.15, -0.1) is 0 Å². The Morgan fingerprint density at radius 1 is 1.14 bits per heavy atom. The standard InChI is InChI=1S/C18H23N3/c1-12(2)8-16-11-17(19-3)21-18(20-16)15-9-13-6-4-5-7-14(13)10-15/h4-7,11-12,15H,8-10H2,1-3H3,(H,19,20,21). The summed E-state index contributed by atoms with van der Waals surface area (Å²) in [5, 5.41) is 3.17. The molecule has 110 valence electrons. The highest BCUT2D eigenvalue weighted by molar-refractivity contribution is 5.39. The zero-order valence-electron chi connectivity index (χ0n) is 13.1. The normalized spacial score (nSPS) is 14.5. The quantitative estimate of drug-likeness (QED) is 0.930. The zero-order chi connectivity index (χ0) is 14.8. The molecule has 1 N–H and O–H groups in total. The van der Waals surface area contributed by atoms with Crippen LogP contribution in [0.5, 0.6) is 0 Å². The van der Waals surface area contributed by atoms with Crippen molar-refractivity contribution >= 4 is 5.82 Å². The lowest BCUT2D eigenvalue weighted by Crippen LogP contribution is -2.10. The molecule has 0 saturated heterocycles. The minimum absolute atomic E-state index is 0.418. The molecule has 0 unspecified atom stereocenters. The van der Waals surface area contributed by atoms with Gasteiger partial charge < -0.3 is 5.32 Å². The molecule has 3 rings (SSSR count). The summed E-state index contributed by atoms with van der Waals surface area (Å²) in [6.45, 7) is 4.46. The fourth-order valence-corrected chi connectivity index (χ4v) is 3.09. The monoisotopic (exact) mass is 281 g/mol. The van der Waals surface area contributed by atoms with Gasteiger partial charge in [0.15, 0.2) is 0 Å². The van der Waals surface area contributed by atoms with Crippen LogP contribution >= 0.6 is 0 Å². The van der Waals surface area contributed by atoms with Crippen LogP contribution in [0, 0.1) is 5.92 Å². The van der Waals surface area contributed by atoms with Gasteiger partial charge in [0.25, 0.3) is 0 Å². The molecule has 2 aromatic rings. The van der Waals surface area contributed by atoms with Crippen molar-refractivity contribution in [3.63, 3.8) is 0 Å². The second kappa shape index (κ2) is 5.84. The number of hydrogen-bond acceptors (Lipinski definition) is 3. The Labute approximate surface area is 126 Å². The van der Waals surface area contributed by atoms with Crippen molar-refractivity contribution in [2.45, 2.75) is 39.0 Å². The van der Waals surface area contributed by atoms with E-state index >= 15 is 0 Å². The van der Waals surface area contributed by atoms with E-state index < -0.39 is 0 Å². The van der Waals surface area contributed by atoms with Crippen LogP contribution in [0.4, 0.5) is 5.82 Å². The Hall–Kier alpha value is -1.90. The molecule has 1 aliphatic carbocycles. The minimum Gasteiger partial charge on any atom is -0.373 e. The Kier molecular flexibility index (Phi) is 3.91. The van der Waals surface area contributed by atoms with Crippen LogP contribution in [0.1, 0.15) is 42.4 Å². The van der Waals surface area contributed by atoms with Crippen LogP contribution in [0.15, 0.2) is 30.3 Å². The van der Waals surface area contributed by atoms with E-state index in [0.717, 1.165) is 36.6 Å². The van der Waals surface area contributed by atoms with Crippen molar-refractivity contribution in [1.82, 2.24) is 9.97 Å². The second-order valence-electron chi connectivity index (χ2n) is 6.32. The number of nitrogens with zero attached hydrogens (tertiary/aromatic N) is 2. The van der Waals surface area contributed by atoms with Crippen LogP contribution in [0.25, 0.3) is 0 Å². The fraction of sp³-hybridized carbons (Fsp3) is 0.444. The van der Waals surface area contributed by atoms with Crippen LogP contribution in [0.3, 0.4) is 0 Å². The first-order valence-corrected chi connectivity index (χ1v) is 7.78. The Balaban J connectivity index is 1.89. The van der Waals surface area contributed by atoms with E-state index in [1.54, 1.807) is 0 Å². The zero-order valence-corrected chi connectivity index (χ0v) is 13.1. The number of aromatic nitrogens is 2. The second-order valence-corrected chi connectivity index (χ2v) is 6.32. The van der Waals surface area contributed by atoms with Crippen LogP contribution < -0.4 is 5.32 Å². The van der Waals surface area contributed by atoms with Crippen molar-refractivity contribution in [1.29, 1.82) is 0 Å².